The molecule has 2 aliphatic rings. The number of hydrogen-bond acceptors (Lipinski definition) is 3. The van der Waals surface area contributed by atoms with Gasteiger partial charge in [0.25, 0.3) is 0 Å². The molecule has 2 atom stereocenters. The third-order valence-electron chi connectivity index (χ3n) is 5.39. The van der Waals surface area contributed by atoms with Crippen LogP contribution in [0.1, 0.15) is 31.2 Å². The fraction of sp³-hybridized carbons (Fsp3) is 0.632. The predicted octanol–water partition coefficient (Wildman–Crippen LogP) is 3.52. The van der Waals surface area contributed by atoms with E-state index in [4.69, 9.17) is 9.47 Å². The molecule has 0 bridgehead atoms. The van der Waals surface area contributed by atoms with E-state index in [1.165, 1.54) is 25.7 Å². The maximum atomic E-state index is 5.38. The predicted molar refractivity (Wildman–Crippen MR) is 112 cm³/mol. The molecule has 1 aliphatic carbocycles. The largest absolute Gasteiger partial charge is 0.493 e. The molecule has 1 saturated heterocycles. The molecule has 1 aromatic rings. The molecule has 0 spiro atoms. The minimum atomic E-state index is 0. The summed E-state index contributed by atoms with van der Waals surface area (Å²) in [5, 5.41) is 3.51. The smallest absolute Gasteiger partial charge is 0.193 e. The first-order valence-electron chi connectivity index (χ1n) is 8.91. The second-order valence-corrected chi connectivity index (χ2v) is 6.80. The number of hydrogen-bond donors (Lipinski definition) is 1. The van der Waals surface area contributed by atoms with Crippen molar-refractivity contribution in [3.8, 4) is 11.5 Å². The Balaban J connectivity index is 0.00000225. The van der Waals surface area contributed by atoms with Crippen molar-refractivity contribution in [1.29, 1.82) is 0 Å². The van der Waals surface area contributed by atoms with Crippen molar-refractivity contribution >= 4 is 29.9 Å². The lowest BCUT2D eigenvalue weighted by Crippen LogP contribution is -2.39. The van der Waals surface area contributed by atoms with E-state index in [9.17, 15) is 0 Å². The Morgan fingerprint density at radius 2 is 1.76 bits per heavy atom. The number of aliphatic imine (C=N–C) groups is 1. The number of nitrogens with one attached hydrogen (secondary N) is 1. The Hall–Kier alpha value is -1.18. The van der Waals surface area contributed by atoms with Crippen molar-refractivity contribution in [3.05, 3.63) is 23.8 Å². The number of methoxy groups -OCH3 is 2. The average molecular weight is 459 g/mol. The van der Waals surface area contributed by atoms with E-state index in [1.54, 1.807) is 14.2 Å². The second kappa shape index (κ2) is 9.50. The van der Waals surface area contributed by atoms with E-state index >= 15 is 0 Å². The molecule has 1 aliphatic heterocycles. The SMILES string of the molecule is CN=C(NCc1ccc(OC)c(OC)c1)N1CC2CCCCC2C1.I. The Morgan fingerprint density at radius 3 is 2.32 bits per heavy atom. The number of fused-ring (bicyclic) bond motifs is 1. The molecule has 140 valence electrons. The Labute approximate surface area is 168 Å². The summed E-state index contributed by atoms with van der Waals surface area (Å²) in [7, 11) is 5.20. The van der Waals surface area contributed by atoms with Crippen LogP contribution >= 0.6 is 24.0 Å². The monoisotopic (exact) mass is 459 g/mol. The lowest BCUT2D eigenvalue weighted by atomic mass is 9.82. The van der Waals surface area contributed by atoms with E-state index in [-0.39, 0.29) is 24.0 Å². The number of guanidine groups is 1. The normalized spacial score (nSPS) is 22.8. The Morgan fingerprint density at radius 1 is 1.12 bits per heavy atom. The molecule has 3 rings (SSSR count). The number of rotatable bonds is 4. The molecule has 0 aromatic heterocycles. The van der Waals surface area contributed by atoms with Crippen LogP contribution in [0.15, 0.2) is 23.2 Å². The molecule has 2 unspecified atom stereocenters. The molecular formula is C19H30IN3O2. The van der Waals surface area contributed by atoms with Crippen molar-refractivity contribution in [2.45, 2.75) is 32.2 Å². The van der Waals surface area contributed by atoms with Crippen LogP contribution in [0.2, 0.25) is 0 Å². The van der Waals surface area contributed by atoms with Gasteiger partial charge in [-0.05, 0) is 42.4 Å². The number of likely N-dealkylation sites (tertiary alicyclic amines) is 1. The van der Waals surface area contributed by atoms with Crippen molar-refractivity contribution < 1.29 is 9.47 Å². The summed E-state index contributed by atoms with van der Waals surface area (Å²) in [6, 6.07) is 6.03. The van der Waals surface area contributed by atoms with Gasteiger partial charge in [0.1, 0.15) is 0 Å². The third-order valence-corrected chi connectivity index (χ3v) is 5.39. The first-order valence-corrected chi connectivity index (χ1v) is 8.91. The van der Waals surface area contributed by atoms with Crippen LogP contribution in [-0.2, 0) is 6.54 Å². The number of ether oxygens (including phenoxy) is 2. The molecule has 25 heavy (non-hydrogen) atoms. The summed E-state index contributed by atoms with van der Waals surface area (Å²) < 4.78 is 10.7. The van der Waals surface area contributed by atoms with Gasteiger partial charge in [-0.25, -0.2) is 0 Å². The fourth-order valence-electron chi connectivity index (χ4n) is 4.08. The summed E-state index contributed by atoms with van der Waals surface area (Å²) in [4.78, 5) is 6.93. The van der Waals surface area contributed by atoms with Crippen LogP contribution in [0.3, 0.4) is 0 Å². The highest BCUT2D eigenvalue weighted by Gasteiger charge is 2.35. The Bertz CT molecular complexity index is 580. The topological polar surface area (TPSA) is 46.1 Å². The van der Waals surface area contributed by atoms with Gasteiger partial charge >= 0.3 is 0 Å². The van der Waals surface area contributed by atoms with E-state index in [1.807, 2.05) is 19.2 Å². The van der Waals surface area contributed by atoms with Gasteiger partial charge in [0.2, 0.25) is 0 Å². The van der Waals surface area contributed by atoms with Crippen LogP contribution in [0.4, 0.5) is 0 Å². The summed E-state index contributed by atoms with van der Waals surface area (Å²) in [6.07, 6.45) is 5.56. The summed E-state index contributed by atoms with van der Waals surface area (Å²) in [5.41, 5.74) is 1.16. The van der Waals surface area contributed by atoms with Crippen LogP contribution in [0.25, 0.3) is 0 Å². The standard InChI is InChI=1S/C19H29N3O2.HI/c1-20-19(22-12-15-6-4-5-7-16(15)13-22)21-11-14-8-9-17(23-2)18(10-14)24-3;/h8-10,15-16H,4-7,11-13H2,1-3H3,(H,20,21);1H. The van der Waals surface area contributed by atoms with Gasteiger partial charge in [-0.1, -0.05) is 18.9 Å². The quantitative estimate of drug-likeness (QED) is 0.425. The van der Waals surface area contributed by atoms with Crippen LogP contribution in [0, 0.1) is 11.8 Å². The zero-order valence-corrected chi connectivity index (χ0v) is 17.8. The van der Waals surface area contributed by atoms with Gasteiger partial charge in [-0.2, -0.15) is 0 Å². The average Bonchev–Trinajstić information content (AvgIpc) is 3.05. The summed E-state index contributed by atoms with van der Waals surface area (Å²) in [6.45, 7) is 3.03. The molecule has 0 radical (unpaired) electrons. The van der Waals surface area contributed by atoms with E-state index in [2.05, 4.69) is 21.3 Å². The van der Waals surface area contributed by atoms with Gasteiger partial charge in [0.05, 0.1) is 14.2 Å². The molecule has 6 heteroatoms. The minimum Gasteiger partial charge on any atom is -0.493 e. The van der Waals surface area contributed by atoms with E-state index in [0.717, 1.165) is 54.5 Å². The first kappa shape index (κ1) is 20.1. The van der Waals surface area contributed by atoms with Crippen LogP contribution < -0.4 is 14.8 Å². The lowest BCUT2D eigenvalue weighted by molar-refractivity contribution is 0.299. The molecule has 2 fully saturated rings. The summed E-state index contributed by atoms with van der Waals surface area (Å²) in [5.74, 6) is 4.25. The molecular weight excluding hydrogens is 429 g/mol. The molecule has 1 N–H and O–H groups in total. The van der Waals surface area contributed by atoms with Crippen molar-refractivity contribution in [1.82, 2.24) is 10.2 Å². The number of nitrogens with zero attached hydrogens (tertiary/aromatic N) is 2. The van der Waals surface area contributed by atoms with Crippen molar-refractivity contribution in [2.75, 3.05) is 34.4 Å². The number of benzene rings is 1. The lowest BCUT2D eigenvalue weighted by Gasteiger charge is -2.22. The fourth-order valence-corrected chi connectivity index (χ4v) is 4.08. The van der Waals surface area contributed by atoms with Crippen molar-refractivity contribution in [2.24, 2.45) is 16.8 Å². The second-order valence-electron chi connectivity index (χ2n) is 6.80. The van der Waals surface area contributed by atoms with Gasteiger partial charge in [-0.3, -0.25) is 4.99 Å². The molecule has 1 saturated carbocycles. The van der Waals surface area contributed by atoms with Gasteiger partial charge in [0, 0.05) is 26.7 Å². The van der Waals surface area contributed by atoms with Crippen LogP contribution in [-0.4, -0.2) is 45.2 Å². The van der Waals surface area contributed by atoms with Crippen molar-refractivity contribution in [3.63, 3.8) is 0 Å². The van der Waals surface area contributed by atoms with Gasteiger partial charge in [0.15, 0.2) is 17.5 Å². The zero-order chi connectivity index (χ0) is 16.9. The summed E-state index contributed by atoms with van der Waals surface area (Å²) >= 11 is 0. The molecule has 0 amide bonds. The molecule has 5 nitrogen and oxygen atoms in total. The van der Waals surface area contributed by atoms with Gasteiger partial charge in [-0.15, -0.1) is 24.0 Å². The van der Waals surface area contributed by atoms with E-state index < -0.39 is 0 Å². The number of halogens is 1. The highest BCUT2D eigenvalue weighted by Crippen LogP contribution is 2.36. The molecule has 1 aromatic carbocycles. The Kier molecular flexibility index (Phi) is 7.65. The maximum absolute atomic E-state index is 5.38. The van der Waals surface area contributed by atoms with Crippen LogP contribution in [0.5, 0.6) is 11.5 Å². The maximum Gasteiger partial charge on any atom is 0.193 e. The third kappa shape index (κ3) is 4.71. The zero-order valence-electron chi connectivity index (χ0n) is 15.5. The minimum absolute atomic E-state index is 0. The highest BCUT2D eigenvalue weighted by atomic mass is 127. The first-order chi connectivity index (χ1) is 11.7. The van der Waals surface area contributed by atoms with Gasteiger partial charge < -0.3 is 19.7 Å². The highest BCUT2D eigenvalue weighted by molar-refractivity contribution is 14.0. The van der Waals surface area contributed by atoms with E-state index in [0.29, 0.717) is 0 Å². The molecule has 1 heterocycles.